The van der Waals surface area contributed by atoms with Crippen molar-refractivity contribution < 1.29 is 4.74 Å². The Morgan fingerprint density at radius 2 is 1.97 bits per heavy atom. The molecule has 2 atom stereocenters. The van der Waals surface area contributed by atoms with Gasteiger partial charge in [0.25, 0.3) is 0 Å². The molecule has 1 aromatic carbocycles. The first kappa shape index (κ1) is 22.2. The third kappa shape index (κ3) is 4.31. The van der Waals surface area contributed by atoms with Gasteiger partial charge in [-0.05, 0) is 38.5 Å². The summed E-state index contributed by atoms with van der Waals surface area (Å²) >= 11 is 12.4. The van der Waals surface area contributed by atoms with Gasteiger partial charge in [0.15, 0.2) is 6.23 Å². The topological polar surface area (TPSA) is 97.9 Å². The van der Waals surface area contributed by atoms with Gasteiger partial charge in [0.1, 0.15) is 11.4 Å². The largest absolute Gasteiger partial charge is 0.471 e. The molecule has 0 amide bonds. The van der Waals surface area contributed by atoms with Gasteiger partial charge in [-0.25, -0.2) is 0 Å². The number of hydrogen-bond acceptors (Lipinski definition) is 6. The van der Waals surface area contributed by atoms with E-state index < -0.39 is 6.23 Å². The van der Waals surface area contributed by atoms with E-state index in [1.807, 2.05) is 24.4 Å². The van der Waals surface area contributed by atoms with Gasteiger partial charge in [-0.1, -0.05) is 23.2 Å². The summed E-state index contributed by atoms with van der Waals surface area (Å²) in [6, 6.07) is 6.56. The predicted molar refractivity (Wildman–Crippen MR) is 129 cm³/mol. The van der Waals surface area contributed by atoms with E-state index in [0.29, 0.717) is 33.4 Å². The van der Waals surface area contributed by atoms with Crippen molar-refractivity contribution in [1.82, 2.24) is 29.9 Å². The number of benzene rings is 1. The smallest absolute Gasteiger partial charge is 0.177 e. The first-order valence-corrected chi connectivity index (χ1v) is 11.6. The molecule has 0 aliphatic carbocycles. The molecule has 5 rings (SSSR count). The molecule has 0 spiro atoms. The van der Waals surface area contributed by atoms with Gasteiger partial charge < -0.3 is 4.74 Å². The van der Waals surface area contributed by atoms with E-state index in [2.05, 4.69) is 49.9 Å². The van der Waals surface area contributed by atoms with Crippen LogP contribution in [0.5, 0.6) is 5.75 Å². The SMILES string of the molecule is CC(C)N1CC[C@@H](n2cc(-c3n[nH]c4ccc(O[C@H](N)c5c(Cl)cncc5Cl)cc34)cn2)C1. The lowest BCUT2D eigenvalue weighted by Crippen LogP contribution is -2.28. The molecule has 1 saturated heterocycles. The molecule has 4 aromatic rings. The van der Waals surface area contributed by atoms with Gasteiger partial charge in [0.05, 0.1) is 27.8 Å². The van der Waals surface area contributed by atoms with Crippen LogP contribution in [0.25, 0.3) is 22.2 Å². The molecule has 3 aromatic heterocycles. The van der Waals surface area contributed by atoms with Gasteiger partial charge in [-0.3, -0.25) is 25.4 Å². The molecular weight excluding hydrogens is 461 g/mol. The predicted octanol–water partition coefficient (Wildman–Crippen LogP) is 4.82. The Bertz CT molecular complexity index is 1260. The zero-order valence-electron chi connectivity index (χ0n) is 18.4. The molecule has 4 heterocycles. The summed E-state index contributed by atoms with van der Waals surface area (Å²) in [7, 11) is 0. The molecular formula is C23H25Cl2N7O. The van der Waals surface area contributed by atoms with E-state index in [-0.39, 0.29) is 0 Å². The number of aromatic nitrogens is 5. The number of hydrogen-bond donors (Lipinski definition) is 2. The summed E-state index contributed by atoms with van der Waals surface area (Å²) < 4.78 is 8.02. The van der Waals surface area contributed by atoms with Crippen molar-refractivity contribution in [2.45, 2.75) is 38.6 Å². The van der Waals surface area contributed by atoms with Crippen LogP contribution in [-0.2, 0) is 0 Å². The van der Waals surface area contributed by atoms with E-state index in [4.69, 9.17) is 33.7 Å². The molecule has 10 heteroatoms. The highest BCUT2D eigenvalue weighted by atomic mass is 35.5. The number of nitrogens with two attached hydrogens (primary N) is 1. The number of pyridine rings is 1. The summed E-state index contributed by atoms with van der Waals surface area (Å²) in [5.74, 6) is 0.581. The second-order valence-corrected chi connectivity index (χ2v) is 9.39. The number of nitrogens with zero attached hydrogens (tertiary/aromatic N) is 5. The molecule has 33 heavy (non-hydrogen) atoms. The van der Waals surface area contributed by atoms with Crippen molar-refractivity contribution in [2.24, 2.45) is 5.73 Å². The van der Waals surface area contributed by atoms with E-state index in [1.54, 1.807) is 0 Å². The van der Waals surface area contributed by atoms with Crippen LogP contribution in [-0.4, -0.2) is 49.0 Å². The normalized spacial score (nSPS) is 17.8. The Morgan fingerprint density at radius 3 is 2.70 bits per heavy atom. The van der Waals surface area contributed by atoms with Crippen LogP contribution >= 0.6 is 23.2 Å². The maximum absolute atomic E-state index is 6.24. The van der Waals surface area contributed by atoms with Crippen molar-refractivity contribution >= 4 is 34.1 Å². The second kappa shape index (κ2) is 8.95. The Morgan fingerprint density at radius 1 is 1.18 bits per heavy atom. The summed E-state index contributed by atoms with van der Waals surface area (Å²) in [5.41, 5.74) is 9.40. The standard InChI is InChI=1S/C23H25Cl2N7O/c1-13(2)31-6-5-15(12-31)32-11-14(8-28-32)22-17-7-16(3-4-20(17)29-30-22)33-23(26)21-18(24)9-27-10-19(21)25/h3-4,7-11,13,15,23H,5-6,12,26H2,1-2H3,(H,29,30)/t15-,23+/m1/s1. The van der Waals surface area contributed by atoms with E-state index in [0.717, 1.165) is 41.7 Å². The highest BCUT2D eigenvalue weighted by Crippen LogP contribution is 2.33. The molecule has 8 nitrogen and oxygen atoms in total. The van der Waals surface area contributed by atoms with Crippen LogP contribution in [0, 0.1) is 0 Å². The van der Waals surface area contributed by atoms with E-state index in [9.17, 15) is 0 Å². The number of nitrogens with one attached hydrogen (secondary N) is 1. The number of ether oxygens (including phenoxy) is 1. The van der Waals surface area contributed by atoms with Crippen LogP contribution in [0.1, 0.15) is 38.1 Å². The monoisotopic (exact) mass is 485 g/mol. The molecule has 172 valence electrons. The van der Waals surface area contributed by atoms with E-state index in [1.165, 1.54) is 12.4 Å². The van der Waals surface area contributed by atoms with Crippen LogP contribution in [0.15, 0.2) is 43.0 Å². The van der Waals surface area contributed by atoms with Crippen molar-refractivity contribution in [3.8, 4) is 17.0 Å². The minimum atomic E-state index is -0.838. The lowest BCUT2D eigenvalue weighted by Gasteiger charge is -2.20. The average molecular weight is 486 g/mol. The second-order valence-electron chi connectivity index (χ2n) is 8.58. The Balaban J connectivity index is 1.40. The highest BCUT2D eigenvalue weighted by molar-refractivity contribution is 6.35. The van der Waals surface area contributed by atoms with Gasteiger partial charge in [-0.2, -0.15) is 10.2 Å². The fraction of sp³-hybridized carbons (Fsp3) is 0.348. The Kier molecular flexibility index (Phi) is 6.01. The van der Waals surface area contributed by atoms with Crippen LogP contribution < -0.4 is 10.5 Å². The number of halogens is 2. The van der Waals surface area contributed by atoms with Gasteiger partial charge >= 0.3 is 0 Å². The average Bonchev–Trinajstić information content (AvgIpc) is 3.52. The number of fused-ring (bicyclic) bond motifs is 1. The fourth-order valence-electron chi connectivity index (χ4n) is 4.30. The maximum atomic E-state index is 6.24. The summed E-state index contributed by atoms with van der Waals surface area (Å²) in [6.07, 6.45) is 7.17. The lowest BCUT2D eigenvalue weighted by molar-refractivity contribution is 0.214. The van der Waals surface area contributed by atoms with Crippen LogP contribution in [0.3, 0.4) is 0 Å². The van der Waals surface area contributed by atoms with Crippen molar-refractivity contribution in [2.75, 3.05) is 13.1 Å². The van der Waals surface area contributed by atoms with Crippen molar-refractivity contribution in [3.63, 3.8) is 0 Å². The highest BCUT2D eigenvalue weighted by Gasteiger charge is 2.26. The Labute approximate surface area is 201 Å². The van der Waals surface area contributed by atoms with Gasteiger partial charge in [0.2, 0.25) is 0 Å². The minimum absolute atomic E-state index is 0.357. The number of aromatic amines is 1. The minimum Gasteiger partial charge on any atom is -0.471 e. The lowest BCUT2D eigenvalue weighted by atomic mass is 10.1. The Hall–Kier alpha value is -2.65. The molecule has 1 aliphatic rings. The molecule has 3 N–H and O–H groups in total. The first-order chi connectivity index (χ1) is 15.9. The molecule has 0 radical (unpaired) electrons. The number of rotatable bonds is 6. The molecule has 0 unspecified atom stereocenters. The zero-order valence-corrected chi connectivity index (χ0v) is 19.9. The summed E-state index contributed by atoms with van der Waals surface area (Å²) in [5, 5.41) is 13.9. The quantitative estimate of drug-likeness (QED) is 0.380. The number of H-pyrrole nitrogens is 1. The number of likely N-dealkylation sites (tertiary alicyclic amines) is 1. The van der Waals surface area contributed by atoms with Gasteiger partial charge in [-0.15, -0.1) is 0 Å². The summed E-state index contributed by atoms with van der Waals surface area (Å²) in [4.78, 5) is 6.43. The molecule has 1 aliphatic heterocycles. The van der Waals surface area contributed by atoms with Crippen LogP contribution in [0.4, 0.5) is 0 Å². The first-order valence-electron chi connectivity index (χ1n) is 10.9. The van der Waals surface area contributed by atoms with Crippen molar-refractivity contribution in [1.29, 1.82) is 0 Å². The van der Waals surface area contributed by atoms with E-state index >= 15 is 0 Å². The third-order valence-electron chi connectivity index (χ3n) is 6.15. The van der Waals surface area contributed by atoms with Crippen molar-refractivity contribution in [3.05, 3.63) is 58.6 Å². The molecule has 0 saturated carbocycles. The zero-order chi connectivity index (χ0) is 23.1. The third-order valence-corrected chi connectivity index (χ3v) is 6.75. The maximum Gasteiger partial charge on any atom is 0.177 e. The fourth-order valence-corrected chi connectivity index (χ4v) is 4.88. The molecule has 1 fully saturated rings. The summed E-state index contributed by atoms with van der Waals surface area (Å²) in [6.45, 7) is 6.56. The van der Waals surface area contributed by atoms with Crippen LogP contribution in [0.2, 0.25) is 10.0 Å². The molecule has 0 bridgehead atoms. The van der Waals surface area contributed by atoms with Gasteiger partial charge in [0, 0.05) is 54.2 Å².